The highest BCUT2D eigenvalue weighted by Crippen LogP contribution is 2.22. The van der Waals surface area contributed by atoms with E-state index in [4.69, 9.17) is 0 Å². The molecule has 132 valence electrons. The van der Waals surface area contributed by atoms with Crippen LogP contribution in [0, 0.1) is 12.8 Å². The number of anilines is 1. The molecule has 0 aliphatic carbocycles. The summed E-state index contributed by atoms with van der Waals surface area (Å²) >= 11 is 0. The van der Waals surface area contributed by atoms with Gasteiger partial charge in [-0.15, -0.1) is 0 Å². The van der Waals surface area contributed by atoms with Crippen LogP contribution in [0.4, 0.5) is 5.82 Å². The summed E-state index contributed by atoms with van der Waals surface area (Å²) in [6.45, 7) is 3.52. The maximum absolute atomic E-state index is 12.7. The zero-order valence-electron chi connectivity index (χ0n) is 14.9. The Morgan fingerprint density at radius 2 is 2.12 bits per heavy atom. The Morgan fingerprint density at radius 1 is 1.24 bits per heavy atom. The molecule has 1 N–H and O–H groups in total. The smallest absolute Gasteiger partial charge is 0.272 e. The summed E-state index contributed by atoms with van der Waals surface area (Å²) in [5, 5.41) is 2.98. The predicted octanol–water partition coefficient (Wildman–Crippen LogP) is 2.71. The summed E-state index contributed by atoms with van der Waals surface area (Å²) in [5.41, 5.74) is 2.53. The Bertz CT molecular complexity index is 716. The van der Waals surface area contributed by atoms with Crippen molar-refractivity contribution in [3.05, 3.63) is 47.7 Å². The fourth-order valence-electron chi connectivity index (χ4n) is 3.32. The number of aryl methyl sites for hydroxylation is 1. The SMILES string of the molecule is CNc1cnc(C[C@H]2CCCN(C(=O)c3ncccc3C)CC2)cn1. The van der Waals surface area contributed by atoms with Crippen molar-refractivity contribution in [2.24, 2.45) is 5.92 Å². The van der Waals surface area contributed by atoms with E-state index in [0.29, 0.717) is 11.6 Å². The number of rotatable bonds is 4. The maximum Gasteiger partial charge on any atom is 0.272 e. The molecule has 1 amide bonds. The first kappa shape index (κ1) is 17.3. The van der Waals surface area contributed by atoms with E-state index in [0.717, 1.165) is 55.8 Å². The molecule has 1 aliphatic heterocycles. The average molecular weight is 339 g/mol. The number of aromatic nitrogens is 3. The molecular weight excluding hydrogens is 314 g/mol. The molecule has 6 nitrogen and oxygen atoms in total. The van der Waals surface area contributed by atoms with Crippen molar-refractivity contribution < 1.29 is 4.79 Å². The van der Waals surface area contributed by atoms with Gasteiger partial charge < -0.3 is 10.2 Å². The number of pyridine rings is 1. The highest BCUT2D eigenvalue weighted by atomic mass is 16.2. The van der Waals surface area contributed by atoms with Gasteiger partial charge >= 0.3 is 0 Å². The van der Waals surface area contributed by atoms with E-state index in [2.05, 4.69) is 20.3 Å². The van der Waals surface area contributed by atoms with Gasteiger partial charge in [0.1, 0.15) is 11.5 Å². The Morgan fingerprint density at radius 3 is 2.84 bits per heavy atom. The van der Waals surface area contributed by atoms with Gasteiger partial charge in [0.05, 0.1) is 18.1 Å². The zero-order chi connectivity index (χ0) is 17.6. The summed E-state index contributed by atoms with van der Waals surface area (Å²) in [7, 11) is 1.84. The van der Waals surface area contributed by atoms with E-state index >= 15 is 0 Å². The third kappa shape index (κ3) is 4.32. The van der Waals surface area contributed by atoms with Crippen LogP contribution in [0.25, 0.3) is 0 Å². The number of carbonyl (C=O) groups is 1. The molecule has 2 aromatic rings. The van der Waals surface area contributed by atoms with Crippen molar-refractivity contribution in [3.8, 4) is 0 Å². The molecular formula is C19H25N5O. The quantitative estimate of drug-likeness (QED) is 0.927. The molecule has 0 unspecified atom stereocenters. The molecule has 3 heterocycles. The molecule has 0 saturated carbocycles. The van der Waals surface area contributed by atoms with Gasteiger partial charge in [-0.2, -0.15) is 0 Å². The number of amides is 1. The van der Waals surface area contributed by atoms with Crippen molar-refractivity contribution in [2.45, 2.75) is 32.6 Å². The molecule has 2 aromatic heterocycles. The molecule has 0 spiro atoms. The minimum absolute atomic E-state index is 0.0527. The van der Waals surface area contributed by atoms with E-state index in [1.165, 1.54) is 0 Å². The molecule has 1 atom stereocenters. The van der Waals surface area contributed by atoms with Crippen LogP contribution in [0.1, 0.15) is 41.0 Å². The van der Waals surface area contributed by atoms with Crippen molar-refractivity contribution >= 4 is 11.7 Å². The normalized spacial score (nSPS) is 17.8. The summed E-state index contributed by atoms with van der Waals surface area (Å²) in [4.78, 5) is 27.8. The van der Waals surface area contributed by atoms with E-state index in [9.17, 15) is 4.79 Å². The van der Waals surface area contributed by atoms with E-state index < -0.39 is 0 Å². The van der Waals surface area contributed by atoms with Crippen LogP contribution in [0.15, 0.2) is 30.7 Å². The van der Waals surface area contributed by atoms with Gasteiger partial charge in [0.25, 0.3) is 5.91 Å². The van der Waals surface area contributed by atoms with Crippen molar-refractivity contribution in [3.63, 3.8) is 0 Å². The summed E-state index contributed by atoms with van der Waals surface area (Å²) in [6.07, 6.45) is 9.34. The van der Waals surface area contributed by atoms with Gasteiger partial charge in [-0.1, -0.05) is 6.07 Å². The highest BCUT2D eigenvalue weighted by Gasteiger charge is 2.23. The lowest BCUT2D eigenvalue weighted by Gasteiger charge is -2.21. The fraction of sp³-hybridized carbons (Fsp3) is 0.474. The number of hydrogen-bond donors (Lipinski definition) is 1. The largest absolute Gasteiger partial charge is 0.372 e. The van der Waals surface area contributed by atoms with Gasteiger partial charge in [0.15, 0.2) is 0 Å². The minimum Gasteiger partial charge on any atom is -0.372 e. The van der Waals surface area contributed by atoms with Gasteiger partial charge in [0, 0.05) is 26.3 Å². The van der Waals surface area contributed by atoms with Crippen LogP contribution in [-0.4, -0.2) is 45.9 Å². The molecule has 3 rings (SSSR count). The summed E-state index contributed by atoms with van der Waals surface area (Å²) in [5.74, 6) is 1.38. The van der Waals surface area contributed by atoms with Crippen molar-refractivity contribution in [1.82, 2.24) is 19.9 Å². The van der Waals surface area contributed by atoms with Crippen LogP contribution in [0.2, 0.25) is 0 Å². The fourth-order valence-corrected chi connectivity index (χ4v) is 3.32. The van der Waals surface area contributed by atoms with Gasteiger partial charge in [-0.3, -0.25) is 14.8 Å². The first-order valence-corrected chi connectivity index (χ1v) is 8.87. The van der Waals surface area contributed by atoms with E-state index in [1.807, 2.05) is 37.2 Å². The van der Waals surface area contributed by atoms with Crippen LogP contribution >= 0.6 is 0 Å². The molecule has 0 bridgehead atoms. The van der Waals surface area contributed by atoms with E-state index in [1.54, 1.807) is 12.4 Å². The standard InChI is InChI=1S/C19H25N5O/c1-14-5-3-8-21-18(14)19(25)24-9-4-6-15(7-10-24)11-16-12-23-17(20-2)13-22-16/h3,5,8,12-13,15H,4,6-7,9-11H2,1-2H3,(H,20,23)/t15-/m0/s1. The number of hydrogen-bond acceptors (Lipinski definition) is 5. The molecule has 1 aliphatic rings. The third-order valence-electron chi connectivity index (χ3n) is 4.81. The second-order valence-electron chi connectivity index (χ2n) is 6.61. The molecule has 0 aromatic carbocycles. The first-order chi connectivity index (χ1) is 12.2. The Hall–Kier alpha value is -2.50. The number of likely N-dealkylation sites (tertiary alicyclic amines) is 1. The topological polar surface area (TPSA) is 71.0 Å². The van der Waals surface area contributed by atoms with Crippen molar-refractivity contribution in [1.29, 1.82) is 0 Å². The lowest BCUT2D eigenvalue weighted by molar-refractivity contribution is 0.0753. The molecule has 1 fully saturated rings. The summed E-state index contributed by atoms with van der Waals surface area (Å²) < 4.78 is 0. The highest BCUT2D eigenvalue weighted by molar-refractivity contribution is 5.93. The second-order valence-corrected chi connectivity index (χ2v) is 6.61. The average Bonchev–Trinajstić information content (AvgIpc) is 2.88. The second kappa shape index (κ2) is 8.05. The molecule has 0 radical (unpaired) electrons. The monoisotopic (exact) mass is 339 g/mol. The number of nitrogens with one attached hydrogen (secondary N) is 1. The maximum atomic E-state index is 12.7. The Kier molecular flexibility index (Phi) is 5.58. The van der Waals surface area contributed by atoms with Gasteiger partial charge in [0.2, 0.25) is 0 Å². The summed E-state index contributed by atoms with van der Waals surface area (Å²) in [6, 6.07) is 3.80. The number of carbonyl (C=O) groups excluding carboxylic acids is 1. The molecule has 1 saturated heterocycles. The third-order valence-corrected chi connectivity index (χ3v) is 4.81. The Balaban J connectivity index is 1.60. The van der Waals surface area contributed by atoms with Gasteiger partial charge in [-0.05, 0) is 50.2 Å². The lowest BCUT2D eigenvalue weighted by Crippen LogP contribution is -2.33. The van der Waals surface area contributed by atoms with Crippen LogP contribution in [-0.2, 0) is 6.42 Å². The molecule has 25 heavy (non-hydrogen) atoms. The number of nitrogens with zero attached hydrogens (tertiary/aromatic N) is 4. The lowest BCUT2D eigenvalue weighted by atomic mass is 9.95. The van der Waals surface area contributed by atoms with Crippen LogP contribution in [0.5, 0.6) is 0 Å². The van der Waals surface area contributed by atoms with E-state index in [-0.39, 0.29) is 5.91 Å². The Labute approximate surface area is 148 Å². The van der Waals surface area contributed by atoms with Crippen LogP contribution in [0.3, 0.4) is 0 Å². The predicted molar refractivity (Wildman–Crippen MR) is 97.5 cm³/mol. The van der Waals surface area contributed by atoms with Gasteiger partial charge in [-0.25, -0.2) is 4.98 Å². The first-order valence-electron chi connectivity index (χ1n) is 8.87. The minimum atomic E-state index is 0.0527. The molecule has 6 heteroatoms. The van der Waals surface area contributed by atoms with Crippen molar-refractivity contribution in [2.75, 3.05) is 25.5 Å². The van der Waals surface area contributed by atoms with Crippen LogP contribution < -0.4 is 5.32 Å². The zero-order valence-corrected chi connectivity index (χ0v) is 14.9.